The van der Waals surface area contributed by atoms with Crippen molar-refractivity contribution in [1.82, 2.24) is 20.6 Å². The maximum absolute atomic E-state index is 12.2. The van der Waals surface area contributed by atoms with Crippen LogP contribution in [0.15, 0.2) is 18.2 Å². The number of nitrogens with one attached hydrogen (secondary N) is 3. The normalized spacial score (nSPS) is 15.7. The van der Waals surface area contributed by atoms with E-state index in [1.54, 1.807) is 18.2 Å². The third kappa shape index (κ3) is 14.5. The number of carbonyl (C=O) groups excluding carboxylic acids is 2. The lowest BCUT2D eigenvalue weighted by atomic mass is 9.97. The summed E-state index contributed by atoms with van der Waals surface area (Å²) in [5, 5.41) is 12.9. The van der Waals surface area contributed by atoms with Gasteiger partial charge in [0.25, 0.3) is 0 Å². The second-order valence-corrected chi connectivity index (χ2v) is 8.75. The summed E-state index contributed by atoms with van der Waals surface area (Å²) in [5.41, 5.74) is 2.14. The number of hydrogen-bond acceptors (Lipinski definition) is 4. The molecule has 0 bridgehead atoms. The predicted molar refractivity (Wildman–Crippen MR) is 134 cm³/mol. The minimum absolute atomic E-state index is 0.118. The van der Waals surface area contributed by atoms with Crippen LogP contribution in [0.2, 0.25) is 0 Å². The fourth-order valence-corrected chi connectivity index (χ4v) is 3.27. The SMILES string of the molecule is CC.FC1(F)CCCCC1.N#CC1CC1.O=CNCc1nc2ccc(CNC(=O)CCC(F)(F)F)cc2[nH]1. The number of nitrogens with zero attached hydrogens (tertiary/aromatic N) is 2. The minimum Gasteiger partial charge on any atom is -0.352 e. The summed E-state index contributed by atoms with van der Waals surface area (Å²) in [6.45, 7) is 4.40. The molecule has 0 aliphatic heterocycles. The number of H-pyrrole nitrogens is 1. The lowest BCUT2D eigenvalue weighted by molar-refractivity contribution is -0.144. The van der Waals surface area contributed by atoms with Gasteiger partial charge >= 0.3 is 6.18 Å². The molecule has 212 valence electrons. The highest BCUT2D eigenvalue weighted by molar-refractivity contribution is 5.77. The molecule has 2 fully saturated rings. The Morgan fingerprint density at radius 2 is 1.84 bits per heavy atom. The van der Waals surface area contributed by atoms with Gasteiger partial charge in [0.1, 0.15) is 5.82 Å². The lowest BCUT2D eigenvalue weighted by Gasteiger charge is -2.20. The Bertz CT molecular complexity index is 1020. The number of carbonyl (C=O) groups is 2. The third-order valence-electron chi connectivity index (χ3n) is 5.42. The van der Waals surface area contributed by atoms with Crippen molar-refractivity contribution in [3.8, 4) is 6.07 Å². The van der Waals surface area contributed by atoms with Crippen LogP contribution in [-0.4, -0.2) is 34.4 Å². The highest BCUT2D eigenvalue weighted by Gasteiger charge is 2.30. The molecular weight excluding hydrogens is 509 g/mol. The Labute approximate surface area is 219 Å². The van der Waals surface area contributed by atoms with Crippen LogP contribution in [-0.2, 0) is 22.7 Å². The average molecular weight is 546 g/mol. The second kappa shape index (κ2) is 16.6. The molecule has 0 spiro atoms. The summed E-state index contributed by atoms with van der Waals surface area (Å²) in [5.74, 6) is -1.95. The zero-order valence-corrected chi connectivity index (χ0v) is 21.8. The number of benzene rings is 1. The van der Waals surface area contributed by atoms with E-state index in [9.17, 15) is 31.5 Å². The summed E-state index contributed by atoms with van der Waals surface area (Å²) >= 11 is 0. The maximum Gasteiger partial charge on any atom is 0.389 e. The quantitative estimate of drug-likeness (QED) is 0.280. The number of fused-ring (bicyclic) bond motifs is 1. The topological polar surface area (TPSA) is 111 Å². The molecule has 2 saturated carbocycles. The van der Waals surface area contributed by atoms with Gasteiger partial charge in [0.2, 0.25) is 18.2 Å². The van der Waals surface area contributed by atoms with Crippen LogP contribution in [0.1, 0.15) is 83.0 Å². The van der Waals surface area contributed by atoms with Crippen LogP contribution in [0.25, 0.3) is 11.0 Å². The third-order valence-corrected chi connectivity index (χ3v) is 5.42. The Kier molecular flexibility index (Phi) is 14.3. The van der Waals surface area contributed by atoms with E-state index >= 15 is 0 Å². The summed E-state index contributed by atoms with van der Waals surface area (Å²) in [6.07, 6.45) is -0.529. The highest BCUT2D eigenvalue weighted by Crippen LogP contribution is 2.32. The van der Waals surface area contributed by atoms with E-state index in [0.29, 0.717) is 36.5 Å². The van der Waals surface area contributed by atoms with Crippen molar-refractivity contribution in [1.29, 1.82) is 5.26 Å². The minimum atomic E-state index is -4.34. The molecule has 0 saturated heterocycles. The molecule has 0 atom stereocenters. The molecule has 0 radical (unpaired) electrons. The number of alkyl halides is 5. The number of nitriles is 1. The first-order chi connectivity index (χ1) is 18.0. The maximum atomic E-state index is 12.2. The molecule has 4 rings (SSSR count). The number of aromatic amines is 1. The molecule has 2 aliphatic carbocycles. The van der Waals surface area contributed by atoms with E-state index in [2.05, 4.69) is 26.7 Å². The van der Waals surface area contributed by atoms with Crippen molar-refractivity contribution >= 4 is 23.4 Å². The number of amides is 2. The van der Waals surface area contributed by atoms with Crippen LogP contribution in [0.3, 0.4) is 0 Å². The van der Waals surface area contributed by atoms with Crippen LogP contribution >= 0.6 is 0 Å². The number of aromatic nitrogens is 2. The van der Waals surface area contributed by atoms with Crippen LogP contribution in [0.4, 0.5) is 22.0 Å². The largest absolute Gasteiger partial charge is 0.389 e. The van der Waals surface area contributed by atoms with E-state index in [-0.39, 0.29) is 25.9 Å². The molecule has 2 amide bonds. The number of rotatable bonds is 7. The number of imidazole rings is 1. The van der Waals surface area contributed by atoms with Crippen molar-refractivity contribution in [2.75, 3.05) is 0 Å². The van der Waals surface area contributed by atoms with Crippen molar-refractivity contribution in [2.45, 2.75) is 96.8 Å². The van der Waals surface area contributed by atoms with Gasteiger partial charge in [0.15, 0.2) is 0 Å². The summed E-state index contributed by atoms with van der Waals surface area (Å²) in [6, 6.07) is 7.34. The van der Waals surface area contributed by atoms with Crippen molar-refractivity contribution in [3.05, 3.63) is 29.6 Å². The van der Waals surface area contributed by atoms with Gasteiger partial charge in [-0.25, -0.2) is 13.8 Å². The van der Waals surface area contributed by atoms with Gasteiger partial charge in [-0.3, -0.25) is 9.59 Å². The van der Waals surface area contributed by atoms with Gasteiger partial charge in [0, 0.05) is 31.7 Å². The van der Waals surface area contributed by atoms with Crippen molar-refractivity contribution in [2.24, 2.45) is 5.92 Å². The van der Waals surface area contributed by atoms with Gasteiger partial charge in [-0.1, -0.05) is 26.3 Å². The Balaban J connectivity index is 0.000000389. The fraction of sp³-hybridized carbons (Fsp3) is 0.615. The standard InChI is InChI=1S/C14H15F3N4O2.C6H10F2.C4H5N.C2H6/c15-14(16,17)4-3-13(23)19-6-9-1-2-10-11(5-9)21-12(20-10)7-18-8-22;7-6(8)4-2-1-3-5-6;5-3-4-1-2-4;1-2/h1-2,5,8H,3-4,6-7H2,(H,18,22)(H,19,23)(H,20,21);1-5H2;4H,1-2H2;1-2H3. The highest BCUT2D eigenvalue weighted by atomic mass is 19.4. The lowest BCUT2D eigenvalue weighted by Crippen LogP contribution is -2.24. The summed E-state index contributed by atoms with van der Waals surface area (Å²) < 4.78 is 60.5. The first-order valence-electron chi connectivity index (χ1n) is 12.8. The van der Waals surface area contributed by atoms with Crippen molar-refractivity contribution < 1.29 is 31.5 Å². The van der Waals surface area contributed by atoms with E-state index in [1.807, 2.05) is 13.8 Å². The average Bonchev–Trinajstić information content (AvgIpc) is 3.64. The fourth-order valence-electron chi connectivity index (χ4n) is 3.27. The number of halogens is 5. The van der Waals surface area contributed by atoms with E-state index in [4.69, 9.17) is 5.26 Å². The molecule has 1 aromatic carbocycles. The van der Waals surface area contributed by atoms with E-state index in [1.165, 1.54) is 0 Å². The zero-order chi connectivity index (χ0) is 28.6. The zero-order valence-electron chi connectivity index (χ0n) is 21.8. The molecule has 12 heteroatoms. The van der Waals surface area contributed by atoms with Crippen LogP contribution in [0, 0.1) is 17.2 Å². The molecule has 2 aliphatic rings. The van der Waals surface area contributed by atoms with Crippen LogP contribution in [0.5, 0.6) is 0 Å². The van der Waals surface area contributed by atoms with Crippen molar-refractivity contribution in [3.63, 3.8) is 0 Å². The Morgan fingerprint density at radius 3 is 2.32 bits per heavy atom. The molecule has 7 nitrogen and oxygen atoms in total. The van der Waals surface area contributed by atoms with Gasteiger partial charge in [-0.05, 0) is 43.4 Å². The van der Waals surface area contributed by atoms with E-state index in [0.717, 1.165) is 30.3 Å². The molecule has 1 heterocycles. The second-order valence-electron chi connectivity index (χ2n) is 8.75. The predicted octanol–water partition coefficient (Wildman–Crippen LogP) is 6.30. The van der Waals surface area contributed by atoms with Crippen LogP contribution < -0.4 is 10.6 Å². The first-order valence-corrected chi connectivity index (χ1v) is 12.8. The Morgan fingerprint density at radius 1 is 1.18 bits per heavy atom. The number of hydrogen-bond donors (Lipinski definition) is 3. The smallest absolute Gasteiger partial charge is 0.352 e. The van der Waals surface area contributed by atoms with E-state index < -0.39 is 30.8 Å². The summed E-state index contributed by atoms with van der Waals surface area (Å²) in [7, 11) is 0. The molecule has 38 heavy (non-hydrogen) atoms. The molecule has 3 N–H and O–H groups in total. The van der Waals surface area contributed by atoms with Gasteiger partial charge in [0.05, 0.1) is 30.1 Å². The van der Waals surface area contributed by atoms with Gasteiger partial charge < -0.3 is 15.6 Å². The first kappa shape index (κ1) is 32.8. The van der Waals surface area contributed by atoms with Gasteiger partial charge in [-0.2, -0.15) is 18.4 Å². The molecular formula is C26H36F5N5O2. The summed E-state index contributed by atoms with van der Waals surface area (Å²) in [4.78, 5) is 28.9. The van der Waals surface area contributed by atoms with Gasteiger partial charge in [-0.15, -0.1) is 0 Å². The molecule has 1 aromatic heterocycles. The molecule has 0 unspecified atom stereocenters. The molecule has 2 aromatic rings. The Hall–Kier alpha value is -3.23. The monoisotopic (exact) mass is 545 g/mol.